The Bertz CT molecular complexity index is 676. The van der Waals surface area contributed by atoms with E-state index in [4.69, 9.17) is 5.11 Å². The minimum atomic E-state index is -1.05. The maximum atomic E-state index is 12.6. The quantitative estimate of drug-likeness (QED) is 0.637. The van der Waals surface area contributed by atoms with Crippen molar-refractivity contribution in [2.45, 2.75) is 51.5 Å². The molecule has 2 atom stereocenters. The van der Waals surface area contributed by atoms with Gasteiger partial charge in [0.25, 0.3) is 0 Å². The Kier molecular flexibility index (Phi) is 5.90. The van der Waals surface area contributed by atoms with Crippen LogP contribution in [0.25, 0.3) is 0 Å². The molecule has 1 aliphatic rings. The molecular weight excluding hydrogens is 306 g/mol. The highest BCUT2D eigenvalue weighted by molar-refractivity contribution is 6.25. The van der Waals surface area contributed by atoms with Gasteiger partial charge in [0, 0.05) is 12.8 Å². The zero-order valence-electron chi connectivity index (χ0n) is 14.0. The van der Waals surface area contributed by atoms with Crippen LogP contribution in [0.1, 0.15) is 51.0 Å². The molecule has 0 aliphatic heterocycles. The van der Waals surface area contributed by atoms with E-state index < -0.39 is 12.0 Å². The average molecular weight is 329 g/mol. The molecule has 2 N–H and O–H groups in total. The zero-order valence-corrected chi connectivity index (χ0v) is 14.0. The van der Waals surface area contributed by atoms with Gasteiger partial charge in [0.15, 0.2) is 5.78 Å². The Labute approximate surface area is 141 Å². The third-order valence-corrected chi connectivity index (χ3v) is 4.19. The fraction of sp³-hybridized carbons (Fsp3) is 0.421. The lowest BCUT2D eigenvalue weighted by Gasteiger charge is -2.26. The van der Waals surface area contributed by atoms with E-state index in [2.05, 4.69) is 4.99 Å². The topological polar surface area (TPSA) is 87.0 Å². The van der Waals surface area contributed by atoms with Crippen molar-refractivity contribution in [3.05, 3.63) is 47.2 Å². The van der Waals surface area contributed by atoms with E-state index in [1.54, 1.807) is 0 Å². The third kappa shape index (κ3) is 4.10. The van der Waals surface area contributed by atoms with Crippen molar-refractivity contribution in [3.63, 3.8) is 0 Å². The van der Waals surface area contributed by atoms with Gasteiger partial charge >= 0.3 is 5.97 Å². The number of rotatable bonds is 5. The highest BCUT2D eigenvalue weighted by Crippen LogP contribution is 2.34. The Hall–Kier alpha value is -2.43. The van der Waals surface area contributed by atoms with Gasteiger partial charge in [-0.15, -0.1) is 0 Å². The summed E-state index contributed by atoms with van der Waals surface area (Å²) in [6, 6.07) is 8.70. The molecule has 0 unspecified atom stereocenters. The number of carbonyl (C=O) groups is 2. The summed E-state index contributed by atoms with van der Waals surface area (Å²) in [6.45, 7) is 3.38. The molecule has 24 heavy (non-hydrogen) atoms. The number of nitrogens with zero attached hydrogens (tertiary/aromatic N) is 1. The number of carboxylic acids is 1. The first-order valence-electron chi connectivity index (χ1n) is 8.24. The average Bonchev–Trinajstić information content (AvgIpc) is 2.55. The maximum Gasteiger partial charge on any atom is 0.328 e. The van der Waals surface area contributed by atoms with E-state index in [0.29, 0.717) is 31.4 Å². The highest BCUT2D eigenvalue weighted by Gasteiger charge is 2.32. The van der Waals surface area contributed by atoms with E-state index in [-0.39, 0.29) is 23.0 Å². The molecule has 2 rings (SSSR count). The summed E-state index contributed by atoms with van der Waals surface area (Å²) < 4.78 is 0. The van der Waals surface area contributed by atoms with E-state index in [0.717, 1.165) is 5.56 Å². The standard InChI is InChI=1S/C19H23NO4/c1-3-7-16(21)18-15(20-12(2)19(23)24)10-14(11-17(18)22)13-8-5-4-6-9-13/h4-6,8-9,12,14,21H,3,7,10-11H2,1-2H3,(H,23,24)/t12-,14-/m1/s1. The largest absolute Gasteiger partial charge is 0.511 e. The Morgan fingerprint density at radius 1 is 1.25 bits per heavy atom. The molecule has 1 fully saturated rings. The predicted molar refractivity (Wildman–Crippen MR) is 92.5 cm³/mol. The molecule has 0 saturated heterocycles. The van der Waals surface area contributed by atoms with Crippen LogP contribution >= 0.6 is 0 Å². The molecule has 0 amide bonds. The van der Waals surface area contributed by atoms with Crippen molar-refractivity contribution in [2.75, 3.05) is 0 Å². The second-order valence-corrected chi connectivity index (χ2v) is 6.10. The summed E-state index contributed by atoms with van der Waals surface area (Å²) in [7, 11) is 0. The first-order chi connectivity index (χ1) is 11.4. The maximum absolute atomic E-state index is 12.6. The van der Waals surface area contributed by atoms with Gasteiger partial charge in [-0.1, -0.05) is 37.3 Å². The first-order valence-corrected chi connectivity index (χ1v) is 8.24. The van der Waals surface area contributed by atoms with E-state index in [1.165, 1.54) is 6.92 Å². The van der Waals surface area contributed by atoms with Crippen LogP contribution in [-0.2, 0) is 9.59 Å². The number of aliphatic imine (C=N–C) groups is 1. The van der Waals surface area contributed by atoms with Crippen LogP contribution in [0.3, 0.4) is 0 Å². The van der Waals surface area contributed by atoms with E-state index in [9.17, 15) is 14.7 Å². The molecular formula is C19H23NO4. The van der Waals surface area contributed by atoms with Gasteiger partial charge in [0.05, 0.1) is 11.3 Å². The van der Waals surface area contributed by atoms with Crippen molar-refractivity contribution in [1.29, 1.82) is 0 Å². The number of carboxylic acid groups (broad SMARTS) is 1. The molecule has 1 aromatic carbocycles. The summed E-state index contributed by atoms with van der Waals surface area (Å²) in [5.74, 6) is -1.24. The number of aliphatic carboxylic acids is 1. The van der Waals surface area contributed by atoms with Crippen molar-refractivity contribution in [1.82, 2.24) is 0 Å². The fourth-order valence-corrected chi connectivity index (χ4v) is 2.95. The minimum Gasteiger partial charge on any atom is -0.511 e. The highest BCUT2D eigenvalue weighted by atomic mass is 16.4. The number of benzene rings is 1. The number of Topliss-reactive ketones (excluding diaryl/α,β-unsaturated/α-hetero) is 1. The van der Waals surface area contributed by atoms with Gasteiger partial charge < -0.3 is 10.2 Å². The number of ketones is 1. The van der Waals surface area contributed by atoms with Crippen LogP contribution in [0.5, 0.6) is 0 Å². The van der Waals surface area contributed by atoms with Crippen LogP contribution in [0.4, 0.5) is 0 Å². The van der Waals surface area contributed by atoms with Crippen molar-refractivity contribution >= 4 is 17.5 Å². The molecule has 1 saturated carbocycles. The smallest absolute Gasteiger partial charge is 0.328 e. The summed E-state index contributed by atoms with van der Waals surface area (Å²) >= 11 is 0. The molecule has 5 nitrogen and oxygen atoms in total. The number of hydrogen-bond acceptors (Lipinski definition) is 4. The van der Waals surface area contributed by atoms with Crippen molar-refractivity contribution < 1.29 is 19.8 Å². The predicted octanol–water partition coefficient (Wildman–Crippen LogP) is 3.66. The van der Waals surface area contributed by atoms with Crippen LogP contribution < -0.4 is 0 Å². The molecule has 1 aromatic rings. The van der Waals surface area contributed by atoms with Crippen LogP contribution in [0, 0.1) is 0 Å². The molecule has 0 radical (unpaired) electrons. The normalized spacial score (nSPS) is 23.2. The van der Waals surface area contributed by atoms with Gasteiger partial charge in [-0.3, -0.25) is 9.79 Å². The molecule has 5 heteroatoms. The number of hydrogen-bond donors (Lipinski definition) is 2. The summed E-state index contributed by atoms with van der Waals surface area (Å²) in [5.41, 5.74) is 1.65. The lowest BCUT2D eigenvalue weighted by molar-refractivity contribution is -0.138. The van der Waals surface area contributed by atoms with Gasteiger partial charge in [0.2, 0.25) is 0 Å². The Morgan fingerprint density at radius 2 is 1.92 bits per heavy atom. The Morgan fingerprint density at radius 3 is 2.50 bits per heavy atom. The second-order valence-electron chi connectivity index (χ2n) is 6.10. The molecule has 1 aliphatic carbocycles. The monoisotopic (exact) mass is 329 g/mol. The summed E-state index contributed by atoms with van der Waals surface area (Å²) in [5, 5.41) is 19.4. The first kappa shape index (κ1) is 17.9. The van der Waals surface area contributed by atoms with Gasteiger partial charge in [-0.2, -0.15) is 0 Å². The molecule has 0 spiro atoms. The SMILES string of the molecule is CCCC(O)=C1C(=O)C[C@H](c2ccccc2)CC1=N[C@H](C)C(=O)O. The van der Waals surface area contributed by atoms with Crippen molar-refractivity contribution in [3.8, 4) is 0 Å². The zero-order chi connectivity index (χ0) is 17.7. The summed E-state index contributed by atoms with van der Waals surface area (Å²) in [4.78, 5) is 28.0. The summed E-state index contributed by atoms with van der Waals surface area (Å²) in [6.07, 6.45) is 1.84. The lowest BCUT2D eigenvalue weighted by Crippen LogP contribution is -2.28. The third-order valence-electron chi connectivity index (χ3n) is 4.19. The van der Waals surface area contributed by atoms with Gasteiger partial charge in [-0.25, -0.2) is 4.79 Å². The van der Waals surface area contributed by atoms with E-state index in [1.807, 2.05) is 37.3 Å². The number of aliphatic hydroxyl groups excluding tert-OH is 1. The number of allylic oxidation sites excluding steroid dienone is 2. The van der Waals surface area contributed by atoms with Crippen LogP contribution in [0.2, 0.25) is 0 Å². The fourth-order valence-electron chi connectivity index (χ4n) is 2.95. The Balaban J connectivity index is 2.42. The second kappa shape index (κ2) is 7.90. The molecule has 128 valence electrons. The minimum absolute atomic E-state index is 0.0188. The van der Waals surface area contributed by atoms with Crippen LogP contribution in [0.15, 0.2) is 46.7 Å². The van der Waals surface area contributed by atoms with Crippen LogP contribution in [-0.4, -0.2) is 33.7 Å². The van der Waals surface area contributed by atoms with Gasteiger partial charge in [0.1, 0.15) is 11.8 Å². The number of carbonyl (C=O) groups excluding carboxylic acids is 1. The molecule has 0 bridgehead atoms. The lowest BCUT2D eigenvalue weighted by atomic mass is 9.78. The van der Waals surface area contributed by atoms with E-state index >= 15 is 0 Å². The molecule has 0 aromatic heterocycles. The molecule has 0 heterocycles. The number of aliphatic hydroxyl groups is 1. The van der Waals surface area contributed by atoms with Gasteiger partial charge in [-0.05, 0) is 31.2 Å². The van der Waals surface area contributed by atoms with Crippen molar-refractivity contribution in [2.24, 2.45) is 4.99 Å².